The molecule has 2 nitrogen and oxygen atoms in total. The van der Waals surface area contributed by atoms with Crippen LogP contribution in [0.3, 0.4) is 0 Å². The van der Waals surface area contributed by atoms with Crippen molar-refractivity contribution in [3.63, 3.8) is 0 Å². The molecular formula is C14H18O2. The van der Waals surface area contributed by atoms with Gasteiger partial charge in [-0.1, -0.05) is 12.1 Å². The number of benzene rings is 1. The summed E-state index contributed by atoms with van der Waals surface area (Å²) in [4.78, 5) is 11.0. The Morgan fingerprint density at radius 2 is 1.94 bits per heavy atom. The molecule has 0 aromatic heterocycles. The van der Waals surface area contributed by atoms with Gasteiger partial charge in [0.25, 0.3) is 0 Å². The van der Waals surface area contributed by atoms with Gasteiger partial charge in [0.2, 0.25) is 0 Å². The van der Waals surface area contributed by atoms with E-state index in [1.165, 1.54) is 22.3 Å². The van der Waals surface area contributed by atoms with Crippen LogP contribution in [-0.2, 0) is 9.53 Å². The van der Waals surface area contributed by atoms with Crippen molar-refractivity contribution in [3.05, 3.63) is 34.4 Å². The van der Waals surface area contributed by atoms with Crippen molar-refractivity contribution in [1.82, 2.24) is 0 Å². The molecule has 1 saturated heterocycles. The van der Waals surface area contributed by atoms with Crippen molar-refractivity contribution >= 4 is 5.97 Å². The molecule has 86 valence electrons. The Labute approximate surface area is 96.6 Å². The van der Waals surface area contributed by atoms with Gasteiger partial charge in [-0.2, -0.15) is 0 Å². The molecule has 1 aromatic rings. The van der Waals surface area contributed by atoms with Crippen LogP contribution < -0.4 is 0 Å². The summed E-state index contributed by atoms with van der Waals surface area (Å²) in [5, 5.41) is 0. The van der Waals surface area contributed by atoms with E-state index in [4.69, 9.17) is 4.74 Å². The molecule has 0 amide bonds. The van der Waals surface area contributed by atoms with E-state index in [0.29, 0.717) is 18.9 Å². The molecule has 16 heavy (non-hydrogen) atoms. The van der Waals surface area contributed by atoms with Gasteiger partial charge in [0.05, 0.1) is 6.61 Å². The van der Waals surface area contributed by atoms with Gasteiger partial charge in [0.1, 0.15) is 0 Å². The average molecular weight is 218 g/mol. The summed E-state index contributed by atoms with van der Waals surface area (Å²) in [6.07, 6.45) is 1.47. The molecule has 1 aromatic carbocycles. The summed E-state index contributed by atoms with van der Waals surface area (Å²) < 4.78 is 5.13. The lowest BCUT2D eigenvalue weighted by Gasteiger charge is -2.24. The first-order valence-corrected chi connectivity index (χ1v) is 5.82. The molecule has 2 heteroatoms. The Morgan fingerprint density at radius 1 is 1.19 bits per heavy atom. The predicted molar refractivity (Wildman–Crippen MR) is 63.6 cm³/mol. The minimum absolute atomic E-state index is 0.0577. The molecule has 1 aliphatic heterocycles. The van der Waals surface area contributed by atoms with Gasteiger partial charge in [-0.25, -0.2) is 0 Å². The molecule has 0 spiro atoms. The zero-order valence-electron chi connectivity index (χ0n) is 10.2. The minimum atomic E-state index is -0.0577. The van der Waals surface area contributed by atoms with E-state index in [0.717, 1.165) is 6.42 Å². The van der Waals surface area contributed by atoms with E-state index in [2.05, 4.69) is 32.9 Å². The first kappa shape index (κ1) is 11.2. The van der Waals surface area contributed by atoms with Crippen LogP contribution in [0.2, 0.25) is 0 Å². The third-order valence-electron chi connectivity index (χ3n) is 3.68. The molecule has 0 bridgehead atoms. The van der Waals surface area contributed by atoms with Crippen LogP contribution in [-0.4, -0.2) is 12.6 Å². The molecule has 0 radical (unpaired) electrons. The number of hydrogen-bond donors (Lipinski definition) is 0. The van der Waals surface area contributed by atoms with E-state index in [9.17, 15) is 4.79 Å². The molecule has 0 unspecified atom stereocenters. The van der Waals surface area contributed by atoms with Crippen molar-refractivity contribution in [2.75, 3.05) is 6.61 Å². The SMILES string of the molecule is Cc1ccc([C@@H]2CCC(=O)OC2)c(C)c1C. The van der Waals surface area contributed by atoms with E-state index in [-0.39, 0.29) is 5.97 Å². The summed E-state index contributed by atoms with van der Waals surface area (Å²) in [5.74, 6) is 0.328. The number of esters is 1. The van der Waals surface area contributed by atoms with Gasteiger partial charge in [0, 0.05) is 12.3 Å². The monoisotopic (exact) mass is 218 g/mol. The highest BCUT2D eigenvalue weighted by Gasteiger charge is 2.23. The smallest absolute Gasteiger partial charge is 0.305 e. The Bertz CT molecular complexity index is 411. The first-order valence-electron chi connectivity index (χ1n) is 5.82. The molecule has 1 heterocycles. The predicted octanol–water partition coefficient (Wildman–Crippen LogP) is 3.03. The number of carbonyl (C=O) groups excluding carboxylic acids is 1. The molecule has 1 aliphatic rings. The first-order chi connectivity index (χ1) is 7.59. The average Bonchev–Trinajstić information content (AvgIpc) is 2.28. The Kier molecular flexibility index (Phi) is 2.99. The van der Waals surface area contributed by atoms with Crippen molar-refractivity contribution in [1.29, 1.82) is 0 Å². The van der Waals surface area contributed by atoms with Crippen molar-refractivity contribution < 1.29 is 9.53 Å². The second-order valence-electron chi connectivity index (χ2n) is 4.64. The maximum atomic E-state index is 11.0. The number of cyclic esters (lactones) is 1. The summed E-state index contributed by atoms with van der Waals surface area (Å²) in [5.41, 5.74) is 5.38. The maximum Gasteiger partial charge on any atom is 0.305 e. The number of ether oxygens (including phenoxy) is 1. The second-order valence-corrected chi connectivity index (χ2v) is 4.64. The summed E-state index contributed by atoms with van der Waals surface area (Å²) >= 11 is 0. The van der Waals surface area contributed by atoms with Crippen LogP contribution in [0.4, 0.5) is 0 Å². The molecule has 2 rings (SSSR count). The van der Waals surface area contributed by atoms with Crippen LogP contribution >= 0.6 is 0 Å². The summed E-state index contributed by atoms with van der Waals surface area (Å²) in [7, 11) is 0. The van der Waals surface area contributed by atoms with E-state index >= 15 is 0 Å². The third kappa shape index (κ3) is 1.97. The second kappa shape index (κ2) is 4.28. The summed E-state index contributed by atoms with van der Waals surface area (Å²) in [6, 6.07) is 4.34. The van der Waals surface area contributed by atoms with E-state index < -0.39 is 0 Å². The lowest BCUT2D eigenvalue weighted by Crippen LogP contribution is -2.21. The van der Waals surface area contributed by atoms with Crippen LogP contribution in [0.1, 0.15) is 41.0 Å². The Hall–Kier alpha value is -1.31. The minimum Gasteiger partial charge on any atom is -0.465 e. The fourth-order valence-corrected chi connectivity index (χ4v) is 2.31. The topological polar surface area (TPSA) is 26.3 Å². The molecule has 0 saturated carbocycles. The quantitative estimate of drug-likeness (QED) is 0.677. The van der Waals surface area contributed by atoms with Gasteiger partial charge in [0.15, 0.2) is 0 Å². The molecule has 0 aliphatic carbocycles. The fourth-order valence-electron chi connectivity index (χ4n) is 2.31. The molecule has 1 fully saturated rings. The van der Waals surface area contributed by atoms with Gasteiger partial charge in [-0.3, -0.25) is 4.79 Å². The van der Waals surface area contributed by atoms with Gasteiger partial charge >= 0.3 is 5.97 Å². The summed E-state index contributed by atoms with van der Waals surface area (Å²) in [6.45, 7) is 6.99. The van der Waals surface area contributed by atoms with Crippen LogP contribution in [0.15, 0.2) is 12.1 Å². The van der Waals surface area contributed by atoms with E-state index in [1.807, 2.05) is 0 Å². The highest BCUT2D eigenvalue weighted by atomic mass is 16.5. The molecule has 0 N–H and O–H groups in total. The van der Waals surface area contributed by atoms with Gasteiger partial charge in [-0.15, -0.1) is 0 Å². The van der Waals surface area contributed by atoms with Crippen LogP contribution in [0.5, 0.6) is 0 Å². The Morgan fingerprint density at radius 3 is 2.56 bits per heavy atom. The maximum absolute atomic E-state index is 11.0. The van der Waals surface area contributed by atoms with Crippen molar-refractivity contribution in [3.8, 4) is 0 Å². The number of rotatable bonds is 1. The third-order valence-corrected chi connectivity index (χ3v) is 3.68. The number of hydrogen-bond acceptors (Lipinski definition) is 2. The van der Waals surface area contributed by atoms with Crippen molar-refractivity contribution in [2.24, 2.45) is 0 Å². The lowest BCUT2D eigenvalue weighted by molar-refractivity contribution is -0.147. The number of carbonyl (C=O) groups is 1. The van der Waals surface area contributed by atoms with Gasteiger partial charge < -0.3 is 4.74 Å². The number of aryl methyl sites for hydroxylation is 1. The highest BCUT2D eigenvalue weighted by Crippen LogP contribution is 2.30. The normalized spacial score (nSPS) is 20.7. The lowest BCUT2D eigenvalue weighted by atomic mass is 9.87. The van der Waals surface area contributed by atoms with Crippen LogP contribution in [0, 0.1) is 20.8 Å². The van der Waals surface area contributed by atoms with Crippen molar-refractivity contribution in [2.45, 2.75) is 39.5 Å². The van der Waals surface area contributed by atoms with E-state index in [1.54, 1.807) is 0 Å². The molecule has 1 atom stereocenters. The zero-order valence-corrected chi connectivity index (χ0v) is 10.2. The standard InChI is InChI=1S/C14H18O2/c1-9-4-6-13(11(3)10(9)2)12-5-7-14(15)16-8-12/h4,6,12H,5,7-8H2,1-3H3/t12-/m1/s1. The van der Waals surface area contributed by atoms with Crippen LogP contribution in [0.25, 0.3) is 0 Å². The fraction of sp³-hybridized carbons (Fsp3) is 0.500. The Balaban J connectivity index is 2.27. The molecular weight excluding hydrogens is 200 g/mol. The highest BCUT2D eigenvalue weighted by molar-refractivity contribution is 5.70. The van der Waals surface area contributed by atoms with Gasteiger partial charge in [-0.05, 0) is 49.4 Å². The largest absolute Gasteiger partial charge is 0.465 e. The zero-order chi connectivity index (χ0) is 11.7.